The normalized spacial score (nSPS) is 33.9. The summed E-state index contributed by atoms with van der Waals surface area (Å²) in [6.45, 7) is 5.79. The molecule has 0 aromatic carbocycles. The second-order valence-corrected chi connectivity index (χ2v) is 3.10. The molecule has 0 amide bonds. The molecule has 1 rings (SSSR count). The van der Waals surface area contributed by atoms with E-state index >= 15 is 0 Å². The number of carbonyl (C=O) groups is 1. The van der Waals surface area contributed by atoms with Crippen LogP contribution >= 0.6 is 0 Å². The average Bonchev–Trinajstić information content (AvgIpc) is 1.88. The highest BCUT2D eigenvalue weighted by atomic mass is 16.1. The Morgan fingerprint density at radius 3 is 2.80 bits per heavy atom. The summed E-state index contributed by atoms with van der Waals surface area (Å²) in [5, 5.41) is 0. The third-order valence-corrected chi connectivity index (χ3v) is 2.32. The maximum Gasteiger partial charge on any atom is 0.139 e. The van der Waals surface area contributed by atoms with E-state index < -0.39 is 0 Å². The Labute approximate surface area is 62.1 Å². The lowest BCUT2D eigenvalue weighted by atomic mass is 9.80. The van der Waals surface area contributed by atoms with Crippen LogP contribution in [0.1, 0.15) is 26.2 Å². The Morgan fingerprint density at radius 2 is 2.40 bits per heavy atom. The summed E-state index contributed by atoms with van der Waals surface area (Å²) in [4.78, 5) is 11.2. The van der Waals surface area contributed by atoms with Gasteiger partial charge in [-0.2, -0.15) is 0 Å². The molecule has 1 heteroatoms. The van der Waals surface area contributed by atoms with Crippen molar-refractivity contribution in [3.05, 3.63) is 12.7 Å². The monoisotopic (exact) mass is 138 g/mol. The van der Waals surface area contributed by atoms with Crippen molar-refractivity contribution in [3.63, 3.8) is 0 Å². The summed E-state index contributed by atoms with van der Waals surface area (Å²) in [6.07, 6.45) is 4.82. The molecule has 1 nitrogen and oxygen atoms in total. The highest BCUT2D eigenvalue weighted by molar-refractivity contribution is 5.83. The predicted molar refractivity (Wildman–Crippen MR) is 41.7 cm³/mol. The first kappa shape index (κ1) is 7.52. The summed E-state index contributed by atoms with van der Waals surface area (Å²) in [6, 6.07) is 0. The number of Topliss-reactive ketones (excluding diaryl/α,β-unsaturated/α-hetero) is 1. The Bertz CT molecular complexity index is 149. The lowest BCUT2D eigenvalue weighted by Gasteiger charge is -2.24. The lowest BCUT2D eigenvalue weighted by molar-refractivity contribution is -0.124. The Hall–Kier alpha value is -0.590. The fourth-order valence-electron chi connectivity index (χ4n) is 1.63. The molecule has 0 heterocycles. The molecule has 0 radical (unpaired) electrons. The molecular weight excluding hydrogens is 124 g/mol. The summed E-state index contributed by atoms with van der Waals surface area (Å²) >= 11 is 0. The molecular formula is C9H14O. The molecule has 0 spiro atoms. The van der Waals surface area contributed by atoms with Crippen LogP contribution in [0.15, 0.2) is 12.7 Å². The fraction of sp³-hybridized carbons (Fsp3) is 0.667. The molecule has 1 aliphatic rings. The Balaban J connectivity index is 2.62. The zero-order chi connectivity index (χ0) is 7.56. The highest BCUT2D eigenvalue weighted by Crippen LogP contribution is 2.27. The molecule has 0 N–H and O–H groups in total. The molecule has 1 saturated carbocycles. The van der Waals surface area contributed by atoms with Gasteiger partial charge in [0.05, 0.1) is 0 Å². The van der Waals surface area contributed by atoms with Gasteiger partial charge < -0.3 is 0 Å². The topological polar surface area (TPSA) is 17.1 Å². The summed E-state index contributed by atoms with van der Waals surface area (Å²) in [5.74, 6) is 1.06. The zero-order valence-corrected chi connectivity index (χ0v) is 6.47. The Kier molecular flexibility index (Phi) is 2.25. The number of hydrogen-bond acceptors (Lipinski definition) is 1. The Morgan fingerprint density at radius 1 is 1.70 bits per heavy atom. The van der Waals surface area contributed by atoms with Gasteiger partial charge in [-0.1, -0.05) is 13.0 Å². The van der Waals surface area contributed by atoms with E-state index in [1.807, 2.05) is 0 Å². The van der Waals surface area contributed by atoms with Gasteiger partial charge in [-0.15, -0.1) is 6.58 Å². The molecule has 0 bridgehead atoms. The second kappa shape index (κ2) is 3.00. The van der Waals surface area contributed by atoms with E-state index in [4.69, 9.17) is 0 Å². The van der Waals surface area contributed by atoms with E-state index in [2.05, 4.69) is 13.5 Å². The van der Waals surface area contributed by atoms with Gasteiger partial charge in [-0.05, 0) is 18.8 Å². The number of allylic oxidation sites excluding steroid dienone is 1. The van der Waals surface area contributed by atoms with Crippen molar-refractivity contribution >= 4 is 5.78 Å². The smallest absolute Gasteiger partial charge is 0.139 e. The quantitative estimate of drug-likeness (QED) is 0.507. The molecule has 0 aromatic rings. The van der Waals surface area contributed by atoms with E-state index in [0.717, 1.165) is 12.8 Å². The fourth-order valence-corrected chi connectivity index (χ4v) is 1.63. The van der Waals surface area contributed by atoms with Crippen molar-refractivity contribution in [1.82, 2.24) is 0 Å². The first-order valence-corrected chi connectivity index (χ1v) is 3.91. The van der Waals surface area contributed by atoms with Crippen LogP contribution in [0.2, 0.25) is 0 Å². The number of hydrogen-bond donors (Lipinski definition) is 0. The lowest BCUT2D eigenvalue weighted by Crippen LogP contribution is -2.24. The summed E-state index contributed by atoms with van der Waals surface area (Å²) in [5.41, 5.74) is 0. The van der Waals surface area contributed by atoms with Crippen molar-refractivity contribution in [3.8, 4) is 0 Å². The van der Waals surface area contributed by atoms with Gasteiger partial charge >= 0.3 is 0 Å². The predicted octanol–water partition coefficient (Wildman–Crippen LogP) is 2.18. The molecule has 2 atom stereocenters. The molecule has 56 valence electrons. The van der Waals surface area contributed by atoms with E-state index in [0.29, 0.717) is 11.7 Å². The molecule has 10 heavy (non-hydrogen) atoms. The minimum absolute atomic E-state index is 0.147. The first-order chi connectivity index (χ1) is 4.75. The van der Waals surface area contributed by atoms with Gasteiger partial charge in [0.15, 0.2) is 0 Å². The summed E-state index contributed by atoms with van der Waals surface area (Å²) in [7, 11) is 0. The van der Waals surface area contributed by atoms with Gasteiger partial charge in [0.25, 0.3) is 0 Å². The number of ketones is 1. The van der Waals surface area contributed by atoms with Gasteiger partial charge in [-0.25, -0.2) is 0 Å². The third-order valence-electron chi connectivity index (χ3n) is 2.32. The van der Waals surface area contributed by atoms with Crippen LogP contribution in [0, 0.1) is 11.8 Å². The molecule has 0 aliphatic heterocycles. The first-order valence-electron chi connectivity index (χ1n) is 3.91. The van der Waals surface area contributed by atoms with Crippen LogP contribution in [0.25, 0.3) is 0 Å². The van der Waals surface area contributed by atoms with Crippen molar-refractivity contribution in [1.29, 1.82) is 0 Å². The van der Waals surface area contributed by atoms with Crippen LogP contribution in [0.3, 0.4) is 0 Å². The maximum absolute atomic E-state index is 11.2. The second-order valence-electron chi connectivity index (χ2n) is 3.10. The number of rotatable bonds is 1. The molecule has 0 saturated heterocycles. The molecule has 0 aromatic heterocycles. The summed E-state index contributed by atoms with van der Waals surface area (Å²) < 4.78 is 0. The highest BCUT2D eigenvalue weighted by Gasteiger charge is 2.25. The van der Waals surface area contributed by atoms with E-state index in [1.165, 1.54) is 6.42 Å². The van der Waals surface area contributed by atoms with Gasteiger partial charge in [0.1, 0.15) is 5.78 Å². The third kappa shape index (κ3) is 1.28. The van der Waals surface area contributed by atoms with E-state index in [-0.39, 0.29) is 5.92 Å². The zero-order valence-electron chi connectivity index (χ0n) is 6.47. The van der Waals surface area contributed by atoms with Gasteiger partial charge in [0, 0.05) is 12.3 Å². The van der Waals surface area contributed by atoms with Crippen LogP contribution in [-0.4, -0.2) is 5.78 Å². The van der Waals surface area contributed by atoms with Crippen LogP contribution in [0.4, 0.5) is 0 Å². The van der Waals surface area contributed by atoms with Crippen LogP contribution in [-0.2, 0) is 4.79 Å². The van der Waals surface area contributed by atoms with Crippen molar-refractivity contribution in [2.24, 2.45) is 11.8 Å². The minimum atomic E-state index is 0.147. The van der Waals surface area contributed by atoms with Gasteiger partial charge in [0.2, 0.25) is 0 Å². The molecule has 1 aliphatic carbocycles. The SMILES string of the molecule is C=C[C@@H]1C(=O)CCC[C@H]1C. The average molecular weight is 138 g/mol. The molecule has 1 fully saturated rings. The maximum atomic E-state index is 11.2. The molecule has 0 unspecified atom stereocenters. The van der Waals surface area contributed by atoms with Crippen molar-refractivity contribution in [2.75, 3.05) is 0 Å². The number of carbonyl (C=O) groups excluding carboxylic acids is 1. The standard InChI is InChI=1S/C9H14O/c1-3-8-7(2)5-4-6-9(8)10/h3,7-8H,1,4-6H2,2H3/t7-,8+/m1/s1. The van der Waals surface area contributed by atoms with Crippen molar-refractivity contribution in [2.45, 2.75) is 26.2 Å². The van der Waals surface area contributed by atoms with Crippen molar-refractivity contribution < 1.29 is 4.79 Å². The van der Waals surface area contributed by atoms with E-state index in [1.54, 1.807) is 6.08 Å². The largest absolute Gasteiger partial charge is 0.299 e. The van der Waals surface area contributed by atoms with Crippen LogP contribution < -0.4 is 0 Å². The van der Waals surface area contributed by atoms with E-state index in [9.17, 15) is 4.79 Å². The van der Waals surface area contributed by atoms with Crippen LogP contribution in [0.5, 0.6) is 0 Å². The van der Waals surface area contributed by atoms with Gasteiger partial charge in [-0.3, -0.25) is 4.79 Å². The minimum Gasteiger partial charge on any atom is -0.299 e.